The highest BCUT2D eigenvalue weighted by molar-refractivity contribution is 6.06. The third kappa shape index (κ3) is 6.45. The Morgan fingerprint density at radius 2 is 1.77 bits per heavy atom. The number of amides is 1. The second-order valence-electron chi connectivity index (χ2n) is 9.36. The second-order valence-corrected chi connectivity index (χ2v) is 9.36. The number of carbonyl (C=O) groups is 1. The van der Waals surface area contributed by atoms with Gasteiger partial charge in [-0.1, -0.05) is 23.4 Å². The van der Waals surface area contributed by atoms with Gasteiger partial charge in [0, 0.05) is 37.8 Å². The number of hydrogen-bond acceptors (Lipinski definition) is 8. The number of hydrogen-bond donors (Lipinski definition) is 1. The number of ether oxygens (including phenoxy) is 3. The molecule has 0 aliphatic carbocycles. The average Bonchev–Trinajstić information content (AvgIpc) is 3.40. The van der Waals surface area contributed by atoms with Gasteiger partial charge in [-0.15, -0.1) is 0 Å². The molecule has 0 unspecified atom stereocenters. The predicted octanol–water partition coefficient (Wildman–Crippen LogP) is 4.99. The number of anilines is 1. The number of methoxy groups -OCH3 is 1. The zero-order chi connectivity index (χ0) is 27.2. The monoisotopic (exact) mass is 528 g/mol. The Bertz CT molecular complexity index is 1430. The summed E-state index contributed by atoms with van der Waals surface area (Å²) in [5, 5.41) is 6.99. The Kier molecular flexibility index (Phi) is 8.19. The number of aromatic nitrogens is 2. The van der Waals surface area contributed by atoms with E-state index in [0.717, 1.165) is 60.9 Å². The first-order valence-corrected chi connectivity index (χ1v) is 12.9. The van der Waals surface area contributed by atoms with Crippen molar-refractivity contribution in [3.05, 3.63) is 77.7 Å². The van der Waals surface area contributed by atoms with Crippen LogP contribution < -0.4 is 14.8 Å². The fourth-order valence-electron chi connectivity index (χ4n) is 4.52. The summed E-state index contributed by atoms with van der Waals surface area (Å²) in [6, 6.07) is 18.9. The summed E-state index contributed by atoms with van der Waals surface area (Å²) in [5.74, 6) is 2.09. The molecule has 5 rings (SSSR count). The highest BCUT2D eigenvalue weighted by Crippen LogP contribution is 2.32. The van der Waals surface area contributed by atoms with Crippen molar-refractivity contribution in [2.45, 2.75) is 13.8 Å². The quantitative estimate of drug-likeness (QED) is 0.324. The van der Waals surface area contributed by atoms with Gasteiger partial charge >= 0.3 is 0 Å². The molecule has 3 aromatic carbocycles. The normalized spacial score (nSPS) is 13.7. The zero-order valence-electron chi connectivity index (χ0n) is 22.4. The molecule has 0 radical (unpaired) electrons. The smallest absolute Gasteiger partial charge is 0.259 e. The molecule has 0 atom stereocenters. The molecule has 1 amide bonds. The van der Waals surface area contributed by atoms with Gasteiger partial charge in [0.15, 0.2) is 0 Å². The van der Waals surface area contributed by atoms with Crippen LogP contribution in [0.1, 0.15) is 21.8 Å². The van der Waals surface area contributed by atoms with Crippen LogP contribution in [0, 0.1) is 13.8 Å². The molecule has 0 bridgehead atoms. The SMILES string of the molecule is COc1ccc(NC(=O)c2ccc(-c3ccc(-c4noc(C)n4)cc3C)cc2OCCN2CCOCC2)cc1. The van der Waals surface area contributed by atoms with Crippen LogP contribution in [0.25, 0.3) is 22.5 Å². The summed E-state index contributed by atoms with van der Waals surface area (Å²) in [4.78, 5) is 19.9. The van der Waals surface area contributed by atoms with Crippen LogP contribution in [0.3, 0.4) is 0 Å². The largest absolute Gasteiger partial charge is 0.497 e. The molecular weight excluding hydrogens is 496 g/mol. The molecule has 9 nitrogen and oxygen atoms in total. The van der Waals surface area contributed by atoms with Crippen LogP contribution >= 0.6 is 0 Å². The Morgan fingerprint density at radius 3 is 2.46 bits per heavy atom. The van der Waals surface area contributed by atoms with Gasteiger partial charge in [-0.25, -0.2) is 0 Å². The molecule has 39 heavy (non-hydrogen) atoms. The van der Waals surface area contributed by atoms with Crippen molar-refractivity contribution in [2.24, 2.45) is 0 Å². The van der Waals surface area contributed by atoms with Crippen LogP contribution in [0.15, 0.2) is 65.2 Å². The summed E-state index contributed by atoms with van der Waals surface area (Å²) in [6.07, 6.45) is 0. The number of aryl methyl sites for hydroxylation is 2. The van der Waals surface area contributed by atoms with Crippen LogP contribution in [0.2, 0.25) is 0 Å². The van der Waals surface area contributed by atoms with E-state index >= 15 is 0 Å². The first-order valence-electron chi connectivity index (χ1n) is 12.9. The fraction of sp³-hybridized carbons (Fsp3) is 0.300. The molecule has 1 aliphatic rings. The van der Waals surface area contributed by atoms with Gasteiger partial charge in [0.05, 0.1) is 25.9 Å². The van der Waals surface area contributed by atoms with Gasteiger partial charge in [0.25, 0.3) is 5.91 Å². The van der Waals surface area contributed by atoms with E-state index in [1.807, 2.05) is 43.3 Å². The maximum absolute atomic E-state index is 13.3. The molecule has 4 aromatic rings. The van der Waals surface area contributed by atoms with E-state index in [1.54, 1.807) is 38.3 Å². The molecule has 0 spiro atoms. The van der Waals surface area contributed by atoms with Crippen molar-refractivity contribution in [2.75, 3.05) is 51.9 Å². The Morgan fingerprint density at radius 1 is 1.00 bits per heavy atom. The molecule has 2 heterocycles. The highest BCUT2D eigenvalue weighted by Gasteiger charge is 2.17. The highest BCUT2D eigenvalue weighted by atomic mass is 16.5. The third-order valence-electron chi connectivity index (χ3n) is 6.67. The van der Waals surface area contributed by atoms with Gasteiger partial charge in [-0.2, -0.15) is 4.98 Å². The summed E-state index contributed by atoms with van der Waals surface area (Å²) < 4.78 is 22.0. The lowest BCUT2D eigenvalue weighted by Crippen LogP contribution is -2.38. The minimum Gasteiger partial charge on any atom is -0.497 e. The topological polar surface area (TPSA) is 99.0 Å². The van der Waals surface area contributed by atoms with Crippen LogP contribution in [-0.2, 0) is 4.74 Å². The molecule has 1 N–H and O–H groups in total. The van der Waals surface area contributed by atoms with Gasteiger partial charge < -0.3 is 24.1 Å². The lowest BCUT2D eigenvalue weighted by molar-refractivity contribution is 0.0322. The fourth-order valence-corrected chi connectivity index (χ4v) is 4.52. The molecule has 1 aromatic heterocycles. The van der Waals surface area contributed by atoms with E-state index < -0.39 is 0 Å². The summed E-state index contributed by atoms with van der Waals surface area (Å²) in [7, 11) is 1.61. The van der Waals surface area contributed by atoms with Crippen LogP contribution in [0.5, 0.6) is 11.5 Å². The number of nitrogens with zero attached hydrogens (tertiary/aromatic N) is 3. The van der Waals surface area contributed by atoms with Crippen molar-refractivity contribution in [1.82, 2.24) is 15.0 Å². The van der Waals surface area contributed by atoms with Crippen LogP contribution in [0.4, 0.5) is 5.69 Å². The maximum atomic E-state index is 13.3. The number of morpholine rings is 1. The molecule has 202 valence electrons. The molecular formula is C30H32N4O5. The lowest BCUT2D eigenvalue weighted by Gasteiger charge is -2.26. The zero-order valence-corrected chi connectivity index (χ0v) is 22.4. The lowest BCUT2D eigenvalue weighted by atomic mass is 9.96. The van der Waals surface area contributed by atoms with Crippen LogP contribution in [-0.4, -0.2) is 67.5 Å². The van der Waals surface area contributed by atoms with Gasteiger partial charge in [-0.05, 0) is 66.1 Å². The van der Waals surface area contributed by atoms with E-state index in [0.29, 0.717) is 35.3 Å². The number of benzene rings is 3. The third-order valence-corrected chi connectivity index (χ3v) is 6.67. The van der Waals surface area contributed by atoms with Gasteiger partial charge in [0.2, 0.25) is 11.7 Å². The minimum absolute atomic E-state index is 0.243. The van der Waals surface area contributed by atoms with E-state index in [9.17, 15) is 4.79 Å². The Labute approximate surface area is 227 Å². The minimum atomic E-state index is -0.243. The summed E-state index contributed by atoms with van der Waals surface area (Å²) in [6.45, 7) is 8.22. The van der Waals surface area contributed by atoms with Gasteiger partial charge in [0.1, 0.15) is 18.1 Å². The van der Waals surface area contributed by atoms with E-state index in [-0.39, 0.29) is 5.91 Å². The number of nitrogens with one attached hydrogen (secondary N) is 1. The average molecular weight is 529 g/mol. The molecule has 0 saturated carbocycles. The molecule has 1 fully saturated rings. The van der Waals surface area contributed by atoms with E-state index in [1.165, 1.54) is 0 Å². The summed E-state index contributed by atoms with van der Waals surface area (Å²) >= 11 is 0. The van der Waals surface area contributed by atoms with E-state index in [4.69, 9.17) is 18.7 Å². The Hall–Kier alpha value is -4.21. The Balaban J connectivity index is 1.40. The van der Waals surface area contributed by atoms with Crippen molar-refractivity contribution in [3.63, 3.8) is 0 Å². The standard InChI is InChI=1S/C30H32N4O5/c1-20-18-23(29-31-21(2)39-33-29)5-10-26(20)22-4-11-27(30(35)32-24-6-8-25(36-3)9-7-24)28(19-22)38-17-14-34-12-15-37-16-13-34/h4-11,18-19H,12-17H2,1-3H3,(H,32,35). The van der Waals surface area contributed by atoms with Crippen molar-refractivity contribution in [3.8, 4) is 34.0 Å². The maximum Gasteiger partial charge on any atom is 0.259 e. The number of rotatable bonds is 9. The predicted molar refractivity (Wildman–Crippen MR) is 148 cm³/mol. The molecule has 1 aliphatic heterocycles. The summed E-state index contributed by atoms with van der Waals surface area (Å²) in [5.41, 5.74) is 5.04. The molecule has 1 saturated heterocycles. The van der Waals surface area contributed by atoms with Crippen molar-refractivity contribution >= 4 is 11.6 Å². The van der Waals surface area contributed by atoms with E-state index in [2.05, 4.69) is 20.4 Å². The first kappa shape index (κ1) is 26.4. The van der Waals surface area contributed by atoms with Gasteiger partial charge in [-0.3, -0.25) is 9.69 Å². The first-order chi connectivity index (χ1) is 19.0. The molecule has 9 heteroatoms. The van der Waals surface area contributed by atoms with Crippen molar-refractivity contribution < 1.29 is 23.5 Å². The second kappa shape index (κ2) is 12.1. The van der Waals surface area contributed by atoms with Crippen molar-refractivity contribution in [1.29, 1.82) is 0 Å². The number of carbonyl (C=O) groups excluding carboxylic acids is 1.